The normalized spacial score (nSPS) is 12.8. The maximum Gasteiger partial charge on any atom is 0.409 e. The van der Waals surface area contributed by atoms with E-state index in [4.69, 9.17) is 9.47 Å². The third kappa shape index (κ3) is 6.68. The van der Waals surface area contributed by atoms with E-state index in [-0.39, 0.29) is 19.0 Å². The van der Waals surface area contributed by atoms with Gasteiger partial charge in [0.25, 0.3) is 0 Å². The van der Waals surface area contributed by atoms with Crippen molar-refractivity contribution in [1.29, 1.82) is 0 Å². The number of aromatic nitrogens is 1. The number of likely N-dealkylation sites (N-methyl/N-ethyl adjacent to an activating group) is 1. The number of benzene rings is 3. The van der Waals surface area contributed by atoms with Crippen molar-refractivity contribution < 1.29 is 23.8 Å². The Morgan fingerprint density at radius 1 is 1.05 bits per heavy atom. The number of carbonyl (C=O) groups is 1. The molecule has 0 saturated carbocycles. The van der Waals surface area contributed by atoms with E-state index in [1.807, 2.05) is 78.4 Å². The number of aliphatic hydroxyl groups excluding tert-OH is 1. The summed E-state index contributed by atoms with van der Waals surface area (Å²) in [5.41, 5.74) is 2.59. The zero-order chi connectivity index (χ0) is 26.2. The number of carbonyl (C=O) groups excluding carboxylic acids is 1. The minimum atomic E-state index is -0.884. The quantitative estimate of drug-likeness (QED) is 0.248. The van der Waals surface area contributed by atoms with Gasteiger partial charge in [-0.2, -0.15) is 0 Å². The molecule has 0 bridgehead atoms. The largest absolute Gasteiger partial charge is 0.489 e. The summed E-state index contributed by atoms with van der Waals surface area (Å²) < 4.78 is 26.7. The molecular weight excluding hydrogens is 471 g/mol. The molecule has 6 nitrogen and oxygen atoms in total. The van der Waals surface area contributed by atoms with E-state index >= 15 is 0 Å². The molecule has 0 unspecified atom stereocenters. The van der Waals surface area contributed by atoms with Crippen LogP contribution in [0.15, 0.2) is 85.1 Å². The van der Waals surface area contributed by atoms with Crippen LogP contribution in [0, 0.1) is 5.82 Å². The zero-order valence-corrected chi connectivity index (χ0v) is 21.2. The molecule has 0 saturated heterocycles. The summed E-state index contributed by atoms with van der Waals surface area (Å²) in [6.45, 7) is 2.77. The van der Waals surface area contributed by atoms with Crippen molar-refractivity contribution in [2.24, 2.45) is 0 Å². The summed E-state index contributed by atoms with van der Waals surface area (Å²) in [4.78, 5) is 13.8. The number of fused-ring (bicyclic) bond motifs is 1. The average Bonchev–Trinajstić information content (AvgIpc) is 3.31. The van der Waals surface area contributed by atoms with Crippen molar-refractivity contribution in [3.63, 3.8) is 0 Å². The van der Waals surface area contributed by atoms with Gasteiger partial charge in [0.2, 0.25) is 0 Å². The number of halogens is 1. The molecular formula is C30H33FN2O4. The van der Waals surface area contributed by atoms with E-state index in [1.54, 1.807) is 13.1 Å². The minimum Gasteiger partial charge on any atom is -0.489 e. The average molecular weight is 505 g/mol. The molecule has 0 aliphatic carbocycles. The SMILES string of the molecule is CCCCOC(=O)N(C)C[C@@H](O)[C@H](c1ccccc1)n1ccc2cc(OCc3cccc(F)c3)ccc21. The first-order chi connectivity index (χ1) is 18.0. The van der Waals surface area contributed by atoms with Crippen LogP contribution in [-0.2, 0) is 11.3 Å². The second kappa shape index (κ2) is 12.4. The Hall–Kier alpha value is -3.84. The third-order valence-electron chi connectivity index (χ3n) is 6.29. The van der Waals surface area contributed by atoms with Gasteiger partial charge in [-0.25, -0.2) is 9.18 Å². The highest BCUT2D eigenvalue weighted by atomic mass is 19.1. The fourth-order valence-corrected chi connectivity index (χ4v) is 4.36. The predicted molar refractivity (Wildman–Crippen MR) is 142 cm³/mol. The molecule has 3 aromatic carbocycles. The molecule has 2 atom stereocenters. The number of hydrogen-bond donors (Lipinski definition) is 1. The van der Waals surface area contributed by atoms with Gasteiger partial charge in [0.1, 0.15) is 18.2 Å². The smallest absolute Gasteiger partial charge is 0.409 e. The number of unbranched alkanes of at least 4 members (excludes halogenated alkanes) is 1. The first-order valence-corrected chi connectivity index (χ1v) is 12.5. The molecule has 4 rings (SSSR count). The standard InChI is InChI=1S/C30H33FN2O4/c1-3-4-17-36-30(35)32(2)20-28(34)29(23-10-6-5-7-11-23)33-16-15-24-19-26(13-14-27(24)33)37-21-22-9-8-12-25(31)18-22/h5-16,18-19,28-29,34H,3-4,17,20-21H2,1-2H3/t28-,29+/m1/s1. The molecule has 0 aliphatic rings. The second-order valence-corrected chi connectivity index (χ2v) is 9.13. The molecule has 0 fully saturated rings. The highest BCUT2D eigenvalue weighted by molar-refractivity contribution is 5.82. The Morgan fingerprint density at radius 3 is 2.62 bits per heavy atom. The van der Waals surface area contributed by atoms with E-state index in [9.17, 15) is 14.3 Å². The van der Waals surface area contributed by atoms with Crippen LogP contribution in [0.2, 0.25) is 0 Å². The van der Waals surface area contributed by atoms with Gasteiger partial charge in [-0.15, -0.1) is 0 Å². The van der Waals surface area contributed by atoms with Crippen LogP contribution < -0.4 is 4.74 Å². The Bertz CT molecular complexity index is 1310. The van der Waals surface area contributed by atoms with Crippen molar-refractivity contribution in [3.05, 3.63) is 102 Å². The molecule has 0 radical (unpaired) electrons. The minimum absolute atomic E-state index is 0.110. The summed E-state index contributed by atoms with van der Waals surface area (Å²) in [6, 6.07) is 23.4. The van der Waals surface area contributed by atoms with E-state index in [0.717, 1.165) is 34.9 Å². The summed E-state index contributed by atoms with van der Waals surface area (Å²) >= 11 is 0. The van der Waals surface area contributed by atoms with Crippen LogP contribution >= 0.6 is 0 Å². The predicted octanol–water partition coefficient (Wildman–Crippen LogP) is 6.18. The number of aliphatic hydroxyl groups is 1. The van der Waals surface area contributed by atoms with Crippen LogP contribution in [0.5, 0.6) is 5.75 Å². The molecule has 7 heteroatoms. The third-order valence-corrected chi connectivity index (χ3v) is 6.29. The Morgan fingerprint density at radius 2 is 1.86 bits per heavy atom. The topological polar surface area (TPSA) is 63.9 Å². The summed E-state index contributed by atoms with van der Waals surface area (Å²) in [7, 11) is 1.63. The lowest BCUT2D eigenvalue weighted by Gasteiger charge is -2.29. The summed E-state index contributed by atoms with van der Waals surface area (Å²) in [5, 5.41) is 12.3. The van der Waals surface area contributed by atoms with Crippen molar-refractivity contribution >= 4 is 17.0 Å². The zero-order valence-electron chi connectivity index (χ0n) is 21.2. The van der Waals surface area contributed by atoms with Gasteiger partial charge in [0, 0.05) is 24.1 Å². The van der Waals surface area contributed by atoms with Gasteiger partial charge in [0.05, 0.1) is 25.3 Å². The molecule has 37 heavy (non-hydrogen) atoms. The number of amides is 1. The monoisotopic (exact) mass is 504 g/mol. The summed E-state index contributed by atoms with van der Waals surface area (Å²) in [5.74, 6) is 0.375. The highest BCUT2D eigenvalue weighted by Gasteiger charge is 2.27. The Kier molecular flexibility index (Phi) is 8.80. The molecule has 1 amide bonds. The maximum atomic E-state index is 13.5. The van der Waals surface area contributed by atoms with Crippen molar-refractivity contribution in [2.45, 2.75) is 38.5 Å². The second-order valence-electron chi connectivity index (χ2n) is 9.13. The van der Waals surface area contributed by atoms with Crippen LogP contribution in [0.25, 0.3) is 10.9 Å². The first kappa shape index (κ1) is 26.2. The maximum absolute atomic E-state index is 13.5. The van der Waals surface area contributed by atoms with E-state index in [1.165, 1.54) is 17.0 Å². The van der Waals surface area contributed by atoms with Crippen molar-refractivity contribution in [3.8, 4) is 5.75 Å². The molecule has 194 valence electrons. The Balaban J connectivity index is 1.55. The lowest BCUT2D eigenvalue weighted by atomic mass is 10.0. The molecule has 1 aromatic heterocycles. The number of rotatable bonds is 11. The Labute approximate surface area is 216 Å². The molecule has 4 aromatic rings. The van der Waals surface area contributed by atoms with Gasteiger partial charge < -0.3 is 24.0 Å². The van der Waals surface area contributed by atoms with Crippen LogP contribution in [0.4, 0.5) is 9.18 Å². The van der Waals surface area contributed by atoms with E-state index in [2.05, 4.69) is 0 Å². The van der Waals surface area contributed by atoms with Gasteiger partial charge in [-0.3, -0.25) is 0 Å². The summed E-state index contributed by atoms with van der Waals surface area (Å²) in [6.07, 6.45) is 2.34. The van der Waals surface area contributed by atoms with E-state index < -0.39 is 18.2 Å². The van der Waals surface area contributed by atoms with Gasteiger partial charge in [-0.1, -0.05) is 55.8 Å². The fourth-order valence-electron chi connectivity index (χ4n) is 4.36. The molecule has 1 heterocycles. The molecule has 0 spiro atoms. The lowest BCUT2D eigenvalue weighted by molar-refractivity contribution is 0.0680. The van der Waals surface area contributed by atoms with Gasteiger partial charge in [0.15, 0.2) is 0 Å². The van der Waals surface area contributed by atoms with Gasteiger partial charge in [-0.05, 0) is 53.9 Å². The van der Waals surface area contributed by atoms with Gasteiger partial charge >= 0.3 is 6.09 Å². The number of hydrogen-bond acceptors (Lipinski definition) is 4. The van der Waals surface area contributed by atoms with Crippen molar-refractivity contribution in [1.82, 2.24) is 9.47 Å². The van der Waals surface area contributed by atoms with Crippen LogP contribution in [-0.4, -0.2) is 47.0 Å². The fraction of sp³-hybridized carbons (Fsp3) is 0.300. The highest BCUT2D eigenvalue weighted by Crippen LogP contribution is 2.30. The number of ether oxygens (including phenoxy) is 2. The molecule has 1 N–H and O–H groups in total. The van der Waals surface area contributed by atoms with Crippen molar-refractivity contribution in [2.75, 3.05) is 20.2 Å². The van der Waals surface area contributed by atoms with Crippen LogP contribution in [0.3, 0.4) is 0 Å². The number of nitrogens with zero attached hydrogens (tertiary/aromatic N) is 2. The van der Waals surface area contributed by atoms with Crippen LogP contribution in [0.1, 0.15) is 36.9 Å². The first-order valence-electron chi connectivity index (χ1n) is 12.5. The lowest BCUT2D eigenvalue weighted by Crippen LogP contribution is -2.39. The van der Waals surface area contributed by atoms with E-state index in [0.29, 0.717) is 12.4 Å². The molecule has 0 aliphatic heterocycles.